The highest BCUT2D eigenvalue weighted by molar-refractivity contribution is 7.87. The topological polar surface area (TPSA) is 80.7 Å². The van der Waals surface area contributed by atoms with Crippen molar-refractivity contribution in [3.05, 3.63) is 0 Å². The van der Waals surface area contributed by atoms with E-state index in [1.807, 2.05) is 0 Å². The lowest BCUT2D eigenvalue weighted by molar-refractivity contribution is -0.167. The molecule has 0 aliphatic heterocycles. The maximum absolute atomic E-state index is 13.0. The fourth-order valence-electron chi connectivity index (χ4n) is 2.04. The fourth-order valence-corrected chi connectivity index (χ4v) is 2.30. The van der Waals surface area contributed by atoms with Crippen LogP contribution in [-0.4, -0.2) is 30.3 Å². The molecule has 0 aromatic heterocycles. The van der Waals surface area contributed by atoms with Crippen molar-refractivity contribution in [3.63, 3.8) is 0 Å². The highest BCUT2D eigenvalue weighted by Crippen LogP contribution is 2.26. The quantitative estimate of drug-likeness (QED) is 0.640. The first-order valence-corrected chi connectivity index (χ1v) is 7.75. The summed E-state index contributed by atoms with van der Waals surface area (Å²) in [5.41, 5.74) is 0. The number of halogens is 2. The molecule has 0 spiro atoms. The van der Waals surface area contributed by atoms with Gasteiger partial charge in [-0.25, -0.2) is 4.79 Å². The van der Waals surface area contributed by atoms with E-state index in [9.17, 15) is 22.0 Å². The molecule has 1 saturated carbocycles. The Labute approximate surface area is 111 Å². The van der Waals surface area contributed by atoms with Crippen molar-refractivity contribution in [1.82, 2.24) is 0 Å². The summed E-state index contributed by atoms with van der Waals surface area (Å²) >= 11 is 0. The highest BCUT2D eigenvalue weighted by atomic mass is 32.2. The van der Waals surface area contributed by atoms with Gasteiger partial charge in [0.15, 0.2) is 0 Å². The van der Waals surface area contributed by atoms with E-state index in [0.717, 1.165) is 38.5 Å². The van der Waals surface area contributed by atoms with Crippen LogP contribution in [0.3, 0.4) is 0 Å². The first-order chi connectivity index (χ1) is 8.75. The van der Waals surface area contributed by atoms with Crippen molar-refractivity contribution in [1.29, 1.82) is 0 Å². The summed E-state index contributed by atoms with van der Waals surface area (Å²) in [6.07, 6.45) is 5.64. The van der Waals surface area contributed by atoms with E-state index in [1.165, 1.54) is 0 Å². The number of hydrogen-bond acceptors (Lipinski definition) is 4. The van der Waals surface area contributed by atoms with Crippen molar-refractivity contribution < 1.29 is 31.3 Å². The average molecular weight is 300 g/mol. The number of alkyl halides is 2. The van der Waals surface area contributed by atoms with Crippen LogP contribution in [0.5, 0.6) is 0 Å². The van der Waals surface area contributed by atoms with Gasteiger partial charge in [-0.05, 0) is 25.7 Å². The minimum Gasteiger partial charge on any atom is -0.457 e. The summed E-state index contributed by atoms with van der Waals surface area (Å²) in [5, 5.41) is -4.90. The lowest BCUT2D eigenvalue weighted by Crippen LogP contribution is -2.40. The Bertz CT molecular complexity index is 397. The van der Waals surface area contributed by atoms with Gasteiger partial charge < -0.3 is 4.74 Å². The van der Waals surface area contributed by atoms with Gasteiger partial charge in [0, 0.05) is 0 Å². The van der Waals surface area contributed by atoms with Crippen LogP contribution >= 0.6 is 0 Å². The predicted octanol–water partition coefficient (Wildman–Crippen LogP) is 2.51. The van der Waals surface area contributed by atoms with E-state index in [-0.39, 0.29) is 0 Å². The predicted molar refractivity (Wildman–Crippen MR) is 63.3 cm³/mol. The largest absolute Gasteiger partial charge is 0.465 e. The summed E-state index contributed by atoms with van der Waals surface area (Å²) in [6, 6.07) is 0. The minimum absolute atomic E-state index is 0.438. The number of hydrogen-bond donors (Lipinski definition) is 1. The third-order valence-electron chi connectivity index (χ3n) is 3.14. The Kier molecular flexibility index (Phi) is 5.66. The fraction of sp³-hybridized carbons (Fsp3) is 0.909. The van der Waals surface area contributed by atoms with Crippen LogP contribution in [0, 0.1) is 0 Å². The van der Waals surface area contributed by atoms with Gasteiger partial charge in [0.1, 0.15) is 6.10 Å². The Hall–Kier alpha value is -0.760. The van der Waals surface area contributed by atoms with Crippen molar-refractivity contribution in [2.75, 3.05) is 0 Å². The number of rotatable bonds is 3. The normalized spacial score (nSPS) is 20.2. The van der Waals surface area contributed by atoms with Crippen LogP contribution in [0.15, 0.2) is 0 Å². The van der Waals surface area contributed by atoms with Gasteiger partial charge in [-0.15, -0.1) is 0 Å². The maximum atomic E-state index is 13.0. The Balaban J connectivity index is 2.63. The molecular weight excluding hydrogens is 282 g/mol. The molecule has 1 aliphatic carbocycles. The molecule has 0 aromatic carbocycles. The van der Waals surface area contributed by atoms with Gasteiger partial charge in [-0.2, -0.15) is 17.2 Å². The smallest absolute Gasteiger partial charge is 0.457 e. The van der Waals surface area contributed by atoms with Crippen LogP contribution in [0.4, 0.5) is 8.78 Å². The molecule has 5 nitrogen and oxygen atoms in total. The van der Waals surface area contributed by atoms with E-state index in [4.69, 9.17) is 4.55 Å². The summed E-state index contributed by atoms with van der Waals surface area (Å²) in [4.78, 5) is 11.2. The van der Waals surface area contributed by atoms with Crippen LogP contribution in [-0.2, 0) is 19.6 Å². The lowest BCUT2D eigenvalue weighted by atomic mass is 10.1. The van der Waals surface area contributed by atoms with E-state index >= 15 is 0 Å². The van der Waals surface area contributed by atoms with Crippen LogP contribution in [0.2, 0.25) is 0 Å². The highest BCUT2D eigenvalue weighted by Gasteiger charge is 2.54. The standard InChI is InChI=1S/C11H18F2O5S/c12-11(13,19(15,16)17)10(14)18-9-7-5-3-1-2-4-6-8-9/h9H,1-8H2,(H,15,16,17). The molecule has 0 radical (unpaired) electrons. The van der Waals surface area contributed by atoms with E-state index < -0.39 is 27.4 Å². The molecule has 0 saturated heterocycles. The minimum atomic E-state index is -5.78. The number of esters is 1. The Morgan fingerprint density at radius 2 is 1.47 bits per heavy atom. The van der Waals surface area contributed by atoms with Crippen LogP contribution in [0.1, 0.15) is 51.4 Å². The monoisotopic (exact) mass is 300 g/mol. The molecule has 19 heavy (non-hydrogen) atoms. The Morgan fingerprint density at radius 1 is 1.05 bits per heavy atom. The van der Waals surface area contributed by atoms with E-state index in [1.54, 1.807) is 0 Å². The van der Waals surface area contributed by atoms with Crippen molar-refractivity contribution >= 4 is 16.1 Å². The molecule has 0 aromatic rings. The van der Waals surface area contributed by atoms with Gasteiger partial charge in [-0.1, -0.05) is 25.7 Å². The molecule has 0 atom stereocenters. The summed E-state index contributed by atoms with van der Waals surface area (Å²) < 4.78 is 59.8. The SMILES string of the molecule is O=C(OC1CCCCCCCC1)C(F)(F)S(=O)(=O)O. The van der Waals surface area contributed by atoms with Gasteiger partial charge in [0.25, 0.3) is 0 Å². The zero-order valence-electron chi connectivity index (χ0n) is 10.5. The van der Waals surface area contributed by atoms with Gasteiger partial charge in [0.05, 0.1) is 0 Å². The van der Waals surface area contributed by atoms with Crippen LogP contribution in [0.25, 0.3) is 0 Å². The van der Waals surface area contributed by atoms with Gasteiger partial charge >= 0.3 is 21.3 Å². The van der Waals surface area contributed by atoms with Gasteiger partial charge in [0.2, 0.25) is 0 Å². The molecule has 1 rings (SSSR count). The first kappa shape index (κ1) is 16.3. The zero-order valence-corrected chi connectivity index (χ0v) is 11.3. The summed E-state index contributed by atoms with van der Waals surface area (Å²) in [5.74, 6) is -2.20. The lowest BCUT2D eigenvalue weighted by Gasteiger charge is -2.19. The van der Waals surface area contributed by atoms with Crippen molar-refractivity contribution in [3.8, 4) is 0 Å². The molecule has 112 valence electrons. The number of carbonyl (C=O) groups excluding carboxylic acids is 1. The van der Waals surface area contributed by atoms with Crippen molar-refractivity contribution in [2.45, 2.75) is 62.7 Å². The summed E-state index contributed by atoms with van der Waals surface area (Å²) in [6.45, 7) is 0. The average Bonchev–Trinajstić information content (AvgIpc) is 2.41. The van der Waals surface area contributed by atoms with Gasteiger partial charge in [-0.3, -0.25) is 4.55 Å². The third-order valence-corrected chi connectivity index (χ3v) is 3.95. The second kappa shape index (κ2) is 6.60. The summed E-state index contributed by atoms with van der Waals surface area (Å²) in [7, 11) is -5.78. The molecule has 1 aliphatic rings. The maximum Gasteiger partial charge on any atom is 0.465 e. The second-order valence-corrected chi connectivity index (χ2v) is 6.18. The molecule has 1 N–H and O–H groups in total. The third kappa shape index (κ3) is 4.68. The molecule has 0 unspecified atom stereocenters. The molecule has 8 heteroatoms. The zero-order chi connectivity index (χ0) is 14.5. The molecule has 0 heterocycles. The van der Waals surface area contributed by atoms with Crippen LogP contribution < -0.4 is 0 Å². The first-order valence-electron chi connectivity index (χ1n) is 6.31. The number of ether oxygens (including phenoxy) is 1. The molecule has 0 amide bonds. The molecular formula is C11H18F2O5S. The molecule has 1 fully saturated rings. The second-order valence-electron chi connectivity index (χ2n) is 4.72. The molecule has 0 bridgehead atoms. The van der Waals surface area contributed by atoms with Crippen molar-refractivity contribution in [2.24, 2.45) is 0 Å². The van der Waals surface area contributed by atoms with E-state index in [2.05, 4.69) is 4.74 Å². The Morgan fingerprint density at radius 3 is 1.89 bits per heavy atom. The van der Waals surface area contributed by atoms with E-state index in [0.29, 0.717) is 12.8 Å². The number of carbonyl (C=O) groups is 1.